The maximum Gasteiger partial charge on any atom is 0.243 e. The molecule has 0 saturated carbocycles. The zero-order valence-electron chi connectivity index (χ0n) is 12.3. The molecular formula is C16H16ClFN2O2. The Morgan fingerprint density at radius 1 is 1.32 bits per heavy atom. The van der Waals surface area contributed by atoms with E-state index >= 15 is 0 Å². The van der Waals surface area contributed by atoms with Gasteiger partial charge in [0, 0.05) is 12.1 Å². The Morgan fingerprint density at radius 3 is 2.64 bits per heavy atom. The highest BCUT2D eigenvalue weighted by atomic mass is 35.5. The Bertz CT molecular complexity index is 659. The topological polar surface area (TPSA) is 51.2 Å². The quantitative estimate of drug-likeness (QED) is 0.839. The number of rotatable bonds is 5. The van der Waals surface area contributed by atoms with Gasteiger partial charge in [0.05, 0.1) is 5.41 Å². The Morgan fingerprint density at radius 2 is 2.00 bits per heavy atom. The Balaban J connectivity index is 2.20. The van der Waals surface area contributed by atoms with Gasteiger partial charge in [-0.05, 0) is 50.2 Å². The van der Waals surface area contributed by atoms with Crippen LogP contribution in [-0.2, 0) is 4.79 Å². The minimum atomic E-state index is -0.718. The molecule has 2 aromatic rings. The van der Waals surface area contributed by atoms with Crippen LogP contribution in [0.4, 0.5) is 10.1 Å². The van der Waals surface area contributed by atoms with E-state index < -0.39 is 5.41 Å². The van der Waals surface area contributed by atoms with Gasteiger partial charge in [0.2, 0.25) is 11.8 Å². The van der Waals surface area contributed by atoms with Gasteiger partial charge in [-0.2, -0.15) is 0 Å². The van der Waals surface area contributed by atoms with E-state index in [2.05, 4.69) is 10.3 Å². The van der Waals surface area contributed by atoms with Crippen molar-refractivity contribution < 1.29 is 13.9 Å². The maximum absolute atomic E-state index is 12.9. The van der Waals surface area contributed by atoms with Crippen molar-refractivity contribution in [3.05, 3.63) is 48.4 Å². The van der Waals surface area contributed by atoms with Crippen LogP contribution in [0, 0.1) is 11.2 Å². The lowest BCUT2D eigenvalue weighted by Gasteiger charge is -2.21. The van der Waals surface area contributed by atoms with Gasteiger partial charge in [0.1, 0.15) is 17.3 Å². The normalized spacial score (nSPS) is 11.1. The van der Waals surface area contributed by atoms with E-state index in [1.165, 1.54) is 24.3 Å². The second-order valence-corrected chi connectivity index (χ2v) is 5.65. The van der Waals surface area contributed by atoms with Crippen LogP contribution in [0.25, 0.3) is 0 Å². The van der Waals surface area contributed by atoms with E-state index in [0.717, 1.165) is 0 Å². The molecule has 1 N–H and O–H groups in total. The molecule has 0 unspecified atom stereocenters. The highest BCUT2D eigenvalue weighted by molar-refractivity contribution is 6.20. The Hall–Kier alpha value is -2.14. The number of nitrogens with zero attached hydrogens (tertiary/aromatic N) is 1. The van der Waals surface area contributed by atoms with E-state index in [9.17, 15) is 9.18 Å². The van der Waals surface area contributed by atoms with E-state index in [4.69, 9.17) is 16.3 Å². The number of benzene rings is 1. The van der Waals surface area contributed by atoms with Gasteiger partial charge < -0.3 is 10.1 Å². The molecule has 1 amide bonds. The average molecular weight is 323 g/mol. The summed E-state index contributed by atoms with van der Waals surface area (Å²) in [6.07, 6.45) is 1.54. The number of ether oxygens (including phenoxy) is 1. The molecule has 2 rings (SSSR count). The monoisotopic (exact) mass is 322 g/mol. The summed E-state index contributed by atoms with van der Waals surface area (Å²) in [6, 6.07) is 8.89. The summed E-state index contributed by atoms with van der Waals surface area (Å²) in [6.45, 7) is 3.48. The van der Waals surface area contributed by atoms with Crippen LogP contribution in [0.15, 0.2) is 42.6 Å². The van der Waals surface area contributed by atoms with Gasteiger partial charge in [-0.25, -0.2) is 9.37 Å². The molecule has 0 fully saturated rings. The lowest BCUT2D eigenvalue weighted by molar-refractivity contribution is -0.122. The number of pyridine rings is 1. The van der Waals surface area contributed by atoms with E-state index in [0.29, 0.717) is 11.4 Å². The Labute approximate surface area is 133 Å². The van der Waals surface area contributed by atoms with E-state index in [-0.39, 0.29) is 23.5 Å². The number of alkyl halides is 1. The molecule has 22 heavy (non-hydrogen) atoms. The van der Waals surface area contributed by atoms with Crippen molar-refractivity contribution in [2.24, 2.45) is 5.41 Å². The zero-order chi connectivity index (χ0) is 16.2. The van der Waals surface area contributed by atoms with Crippen molar-refractivity contribution in [3.63, 3.8) is 0 Å². The first-order valence-corrected chi connectivity index (χ1v) is 7.22. The molecule has 116 valence electrons. The summed E-state index contributed by atoms with van der Waals surface area (Å²) in [5.74, 6) is 0.248. The molecule has 1 heterocycles. The maximum atomic E-state index is 12.9. The summed E-state index contributed by atoms with van der Waals surface area (Å²) >= 11 is 5.80. The summed E-state index contributed by atoms with van der Waals surface area (Å²) in [5.41, 5.74) is -0.292. The number of anilines is 1. The molecule has 6 heteroatoms. The lowest BCUT2D eigenvalue weighted by atomic mass is 9.95. The smallest absolute Gasteiger partial charge is 0.243 e. The molecule has 0 bridgehead atoms. The highest BCUT2D eigenvalue weighted by Gasteiger charge is 2.27. The first kappa shape index (κ1) is 16.2. The largest absolute Gasteiger partial charge is 0.437 e. The molecular weight excluding hydrogens is 307 g/mol. The number of hydrogen-bond acceptors (Lipinski definition) is 3. The number of aromatic nitrogens is 1. The number of carbonyl (C=O) groups excluding carboxylic acids is 1. The van der Waals surface area contributed by atoms with Crippen LogP contribution in [0.2, 0.25) is 0 Å². The van der Waals surface area contributed by atoms with Crippen molar-refractivity contribution in [2.75, 3.05) is 11.2 Å². The minimum absolute atomic E-state index is 0.188. The third-order valence-corrected chi connectivity index (χ3v) is 3.66. The average Bonchev–Trinajstić information content (AvgIpc) is 2.51. The van der Waals surface area contributed by atoms with Crippen LogP contribution in [0.3, 0.4) is 0 Å². The zero-order valence-corrected chi connectivity index (χ0v) is 13.0. The first-order chi connectivity index (χ1) is 10.4. The number of hydrogen-bond donors (Lipinski definition) is 1. The fourth-order valence-electron chi connectivity index (χ4n) is 1.53. The van der Waals surface area contributed by atoms with Gasteiger partial charge in [0.15, 0.2) is 0 Å². The lowest BCUT2D eigenvalue weighted by Crippen LogP contribution is -2.32. The van der Waals surface area contributed by atoms with Crippen molar-refractivity contribution >= 4 is 23.2 Å². The standard InChI is InChI=1S/C16H16ClFN2O2/c1-16(2,10-17)15(21)20-13-4-3-9-19-14(13)22-12-7-5-11(18)6-8-12/h3-9H,10H2,1-2H3,(H,20,21). The summed E-state index contributed by atoms with van der Waals surface area (Å²) in [7, 11) is 0. The molecule has 0 atom stereocenters. The van der Waals surface area contributed by atoms with Crippen molar-refractivity contribution in [3.8, 4) is 11.6 Å². The number of nitrogens with one attached hydrogen (secondary N) is 1. The van der Waals surface area contributed by atoms with Crippen molar-refractivity contribution in [2.45, 2.75) is 13.8 Å². The molecule has 0 aliphatic carbocycles. The third kappa shape index (κ3) is 3.95. The minimum Gasteiger partial charge on any atom is -0.437 e. The summed E-state index contributed by atoms with van der Waals surface area (Å²) in [5, 5.41) is 2.75. The fourth-order valence-corrected chi connectivity index (χ4v) is 1.66. The third-order valence-electron chi connectivity index (χ3n) is 3.00. The number of amides is 1. The SMILES string of the molecule is CC(C)(CCl)C(=O)Nc1cccnc1Oc1ccc(F)cc1. The second kappa shape index (κ2) is 6.75. The molecule has 0 spiro atoms. The highest BCUT2D eigenvalue weighted by Crippen LogP contribution is 2.29. The molecule has 0 aliphatic rings. The van der Waals surface area contributed by atoms with Crippen LogP contribution < -0.4 is 10.1 Å². The van der Waals surface area contributed by atoms with Gasteiger partial charge in [-0.1, -0.05) is 0 Å². The van der Waals surface area contributed by atoms with Gasteiger partial charge in [-0.15, -0.1) is 11.6 Å². The van der Waals surface area contributed by atoms with Gasteiger partial charge >= 0.3 is 0 Å². The number of carbonyl (C=O) groups is 1. The predicted molar refractivity (Wildman–Crippen MR) is 83.8 cm³/mol. The Kier molecular flexibility index (Phi) is 4.98. The predicted octanol–water partition coefficient (Wildman–Crippen LogP) is 4.22. The van der Waals surface area contributed by atoms with Crippen LogP contribution in [0.1, 0.15) is 13.8 Å². The van der Waals surface area contributed by atoms with Crippen LogP contribution in [0.5, 0.6) is 11.6 Å². The van der Waals surface area contributed by atoms with Crippen molar-refractivity contribution in [1.29, 1.82) is 0 Å². The molecule has 1 aromatic heterocycles. The van der Waals surface area contributed by atoms with Crippen LogP contribution in [-0.4, -0.2) is 16.8 Å². The summed E-state index contributed by atoms with van der Waals surface area (Å²) in [4.78, 5) is 16.3. The van der Waals surface area contributed by atoms with E-state index in [1.807, 2.05) is 0 Å². The molecule has 0 saturated heterocycles. The molecule has 1 aromatic carbocycles. The molecule has 0 aliphatic heterocycles. The van der Waals surface area contributed by atoms with Gasteiger partial charge in [0.25, 0.3) is 0 Å². The van der Waals surface area contributed by atoms with Crippen LogP contribution >= 0.6 is 11.6 Å². The van der Waals surface area contributed by atoms with Crippen molar-refractivity contribution in [1.82, 2.24) is 4.98 Å². The van der Waals surface area contributed by atoms with E-state index in [1.54, 1.807) is 32.2 Å². The fraction of sp³-hybridized carbons (Fsp3) is 0.250. The summed E-state index contributed by atoms with van der Waals surface area (Å²) < 4.78 is 18.5. The second-order valence-electron chi connectivity index (χ2n) is 5.38. The number of halogens is 2. The molecule has 4 nitrogen and oxygen atoms in total. The molecule has 0 radical (unpaired) electrons. The van der Waals surface area contributed by atoms with Gasteiger partial charge in [-0.3, -0.25) is 4.79 Å². The first-order valence-electron chi connectivity index (χ1n) is 6.68.